The molecule has 1 saturated heterocycles. The Bertz CT molecular complexity index is 564. The first-order chi connectivity index (χ1) is 9.47. The molecule has 0 saturated carbocycles. The third kappa shape index (κ3) is 4.24. The second-order valence-corrected chi connectivity index (χ2v) is 7.16. The standard InChI is InChI=1S/C13H18N2O3S2/c14-13(19)7-10-1-3-12(4-2-10)20(16,17)15-8-11-5-6-18-9-11/h1-4,11,15H,5-9H2,(H2,14,19). The number of nitrogens with two attached hydrogens (primary N) is 1. The highest BCUT2D eigenvalue weighted by Crippen LogP contribution is 2.14. The molecule has 1 aliphatic rings. The van der Waals surface area contributed by atoms with Gasteiger partial charge >= 0.3 is 0 Å². The maximum absolute atomic E-state index is 12.1. The molecule has 5 nitrogen and oxygen atoms in total. The minimum atomic E-state index is -3.46. The van der Waals surface area contributed by atoms with Crippen molar-refractivity contribution in [3.63, 3.8) is 0 Å². The Balaban J connectivity index is 1.99. The maximum atomic E-state index is 12.1. The van der Waals surface area contributed by atoms with Crippen LogP contribution in [-0.2, 0) is 21.2 Å². The quantitative estimate of drug-likeness (QED) is 0.760. The molecular formula is C13H18N2O3S2. The summed E-state index contributed by atoms with van der Waals surface area (Å²) in [6.07, 6.45) is 1.37. The molecule has 110 valence electrons. The number of rotatable bonds is 6. The first-order valence-corrected chi connectivity index (χ1v) is 8.31. The van der Waals surface area contributed by atoms with Gasteiger partial charge in [-0.15, -0.1) is 0 Å². The van der Waals surface area contributed by atoms with Crippen molar-refractivity contribution >= 4 is 27.2 Å². The van der Waals surface area contributed by atoms with Gasteiger partial charge in [-0.25, -0.2) is 13.1 Å². The molecule has 1 unspecified atom stereocenters. The molecule has 1 aromatic carbocycles. The van der Waals surface area contributed by atoms with E-state index in [4.69, 9.17) is 22.7 Å². The fourth-order valence-electron chi connectivity index (χ4n) is 2.04. The van der Waals surface area contributed by atoms with Crippen molar-refractivity contribution in [3.8, 4) is 0 Å². The number of ether oxygens (including phenoxy) is 1. The number of sulfonamides is 1. The SMILES string of the molecule is NC(=S)Cc1ccc(S(=O)(=O)NCC2CCOC2)cc1. The molecule has 0 radical (unpaired) electrons. The van der Waals surface area contributed by atoms with Crippen LogP contribution in [0.1, 0.15) is 12.0 Å². The highest BCUT2D eigenvalue weighted by atomic mass is 32.2. The van der Waals surface area contributed by atoms with Gasteiger partial charge in [-0.05, 0) is 30.0 Å². The van der Waals surface area contributed by atoms with Gasteiger partial charge in [-0.3, -0.25) is 0 Å². The molecule has 1 atom stereocenters. The van der Waals surface area contributed by atoms with Crippen LogP contribution in [-0.4, -0.2) is 33.2 Å². The van der Waals surface area contributed by atoms with Gasteiger partial charge < -0.3 is 10.5 Å². The molecule has 7 heteroatoms. The normalized spacial score (nSPS) is 19.1. The summed E-state index contributed by atoms with van der Waals surface area (Å²) in [5.41, 5.74) is 6.36. The van der Waals surface area contributed by atoms with Crippen LogP contribution in [0.4, 0.5) is 0 Å². The molecule has 0 bridgehead atoms. The smallest absolute Gasteiger partial charge is 0.240 e. The Morgan fingerprint density at radius 3 is 2.65 bits per heavy atom. The van der Waals surface area contributed by atoms with E-state index in [1.54, 1.807) is 24.3 Å². The summed E-state index contributed by atoms with van der Waals surface area (Å²) >= 11 is 4.82. The maximum Gasteiger partial charge on any atom is 0.240 e. The van der Waals surface area contributed by atoms with Crippen molar-refractivity contribution in [2.45, 2.75) is 17.7 Å². The third-order valence-electron chi connectivity index (χ3n) is 3.20. The highest BCUT2D eigenvalue weighted by Gasteiger charge is 2.20. The number of hydrogen-bond acceptors (Lipinski definition) is 4. The van der Waals surface area contributed by atoms with Gasteiger partial charge in [0.1, 0.15) is 0 Å². The second kappa shape index (κ2) is 6.62. The molecule has 1 fully saturated rings. The molecule has 0 aromatic heterocycles. The number of hydrogen-bond donors (Lipinski definition) is 2. The number of nitrogens with one attached hydrogen (secondary N) is 1. The summed E-state index contributed by atoms with van der Waals surface area (Å²) < 4.78 is 32.1. The van der Waals surface area contributed by atoms with Crippen LogP contribution in [0.15, 0.2) is 29.2 Å². The first-order valence-electron chi connectivity index (χ1n) is 6.42. The summed E-state index contributed by atoms with van der Waals surface area (Å²) in [5.74, 6) is 0.263. The predicted octanol–water partition coefficient (Wildman–Crippen LogP) is 0.830. The number of thiocarbonyl (C=S) groups is 1. The minimum Gasteiger partial charge on any atom is -0.393 e. The van der Waals surface area contributed by atoms with Gasteiger partial charge in [0.2, 0.25) is 10.0 Å². The molecule has 1 heterocycles. The van der Waals surface area contributed by atoms with Crippen LogP contribution in [0.25, 0.3) is 0 Å². The summed E-state index contributed by atoms with van der Waals surface area (Å²) in [6.45, 7) is 1.74. The van der Waals surface area contributed by atoms with E-state index < -0.39 is 10.0 Å². The molecule has 20 heavy (non-hydrogen) atoms. The molecule has 0 amide bonds. The van der Waals surface area contributed by atoms with Crippen molar-refractivity contribution in [1.29, 1.82) is 0 Å². The first kappa shape index (κ1) is 15.4. The van der Waals surface area contributed by atoms with E-state index in [9.17, 15) is 8.42 Å². The van der Waals surface area contributed by atoms with Gasteiger partial charge in [0.15, 0.2) is 0 Å². The lowest BCUT2D eigenvalue weighted by Gasteiger charge is -2.10. The molecule has 0 spiro atoms. The van der Waals surface area contributed by atoms with E-state index in [0.29, 0.717) is 31.2 Å². The van der Waals surface area contributed by atoms with Gasteiger partial charge in [0, 0.05) is 19.6 Å². The average molecular weight is 314 g/mol. The topological polar surface area (TPSA) is 81.4 Å². The van der Waals surface area contributed by atoms with Crippen molar-refractivity contribution in [1.82, 2.24) is 4.72 Å². The van der Waals surface area contributed by atoms with Crippen molar-refractivity contribution in [2.24, 2.45) is 11.7 Å². The summed E-state index contributed by atoms with van der Waals surface area (Å²) in [7, 11) is -3.46. The Morgan fingerprint density at radius 2 is 2.10 bits per heavy atom. The molecule has 1 aliphatic heterocycles. The van der Waals surface area contributed by atoms with E-state index in [-0.39, 0.29) is 10.8 Å². The van der Waals surface area contributed by atoms with E-state index in [0.717, 1.165) is 12.0 Å². The predicted molar refractivity (Wildman–Crippen MR) is 81.0 cm³/mol. The van der Waals surface area contributed by atoms with E-state index in [1.165, 1.54) is 0 Å². The van der Waals surface area contributed by atoms with Crippen LogP contribution in [0, 0.1) is 5.92 Å². The molecule has 2 rings (SSSR count). The minimum absolute atomic E-state index is 0.253. The Morgan fingerprint density at radius 1 is 1.40 bits per heavy atom. The molecule has 0 aliphatic carbocycles. The Kier molecular flexibility index (Phi) is 5.09. The van der Waals surface area contributed by atoms with Gasteiger partial charge in [-0.1, -0.05) is 24.4 Å². The van der Waals surface area contributed by atoms with Crippen LogP contribution in [0.2, 0.25) is 0 Å². The third-order valence-corrected chi connectivity index (χ3v) is 4.78. The van der Waals surface area contributed by atoms with Crippen molar-refractivity contribution in [2.75, 3.05) is 19.8 Å². The fourth-order valence-corrected chi connectivity index (χ4v) is 3.33. The van der Waals surface area contributed by atoms with Crippen LogP contribution < -0.4 is 10.5 Å². The zero-order valence-corrected chi connectivity index (χ0v) is 12.7. The monoisotopic (exact) mass is 314 g/mol. The summed E-state index contributed by atoms with van der Waals surface area (Å²) in [4.78, 5) is 0.642. The fraction of sp³-hybridized carbons (Fsp3) is 0.462. The van der Waals surface area contributed by atoms with E-state index >= 15 is 0 Å². The lowest BCUT2D eigenvalue weighted by Crippen LogP contribution is -2.29. The van der Waals surface area contributed by atoms with Gasteiger partial charge in [-0.2, -0.15) is 0 Å². The lowest BCUT2D eigenvalue weighted by molar-refractivity contribution is 0.186. The van der Waals surface area contributed by atoms with Crippen LogP contribution in [0.5, 0.6) is 0 Å². The van der Waals surface area contributed by atoms with Crippen LogP contribution >= 0.6 is 12.2 Å². The average Bonchev–Trinajstić information content (AvgIpc) is 2.89. The zero-order chi connectivity index (χ0) is 14.6. The molecular weight excluding hydrogens is 296 g/mol. The molecule has 1 aromatic rings. The molecule has 3 N–H and O–H groups in total. The summed E-state index contributed by atoms with van der Waals surface area (Å²) in [6, 6.07) is 6.60. The summed E-state index contributed by atoms with van der Waals surface area (Å²) in [5, 5.41) is 0. The van der Waals surface area contributed by atoms with Crippen LogP contribution in [0.3, 0.4) is 0 Å². The van der Waals surface area contributed by atoms with Gasteiger partial charge in [0.05, 0.1) is 16.5 Å². The number of benzene rings is 1. The van der Waals surface area contributed by atoms with E-state index in [1.807, 2.05) is 0 Å². The second-order valence-electron chi connectivity index (χ2n) is 4.87. The largest absolute Gasteiger partial charge is 0.393 e. The Hall–Kier alpha value is -1.02. The van der Waals surface area contributed by atoms with Crippen molar-refractivity contribution < 1.29 is 13.2 Å². The van der Waals surface area contributed by atoms with Gasteiger partial charge in [0.25, 0.3) is 0 Å². The van der Waals surface area contributed by atoms with Crippen molar-refractivity contribution in [3.05, 3.63) is 29.8 Å². The van der Waals surface area contributed by atoms with E-state index in [2.05, 4.69) is 4.72 Å². The lowest BCUT2D eigenvalue weighted by atomic mass is 10.1. The Labute approximate surface area is 124 Å². The highest BCUT2D eigenvalue weighted by molar-refractivity contribution is 7.89. The zero-order valence-electron chi connectivity index (χ0n) is 11.0.